The van der Waals surface area contributed by atoms with Crippen LogP contribution in [0.3, 0.4) is 0 Å². The number of hydrogen-bond donors (Lipinski definition) is 1. The molecule has 0 radical (unpaired) electrons. The number of aryl methyl sites for hydroxylation is 2. The Morgan fingerprint density at radius 2 is 2.12 bits per heavy atom. The molecule has 1 aliphatic heterocycles. The summed E-state index contributed by atoms with van der Waals surface area (Å²) >= 11 is 1.57. The molecular formula is C20H27N3O2S. The molecule has 0 saturated carbocycles. The minimum Gasteiger partial charge on any atom is -0.484 e. The first kappa shape index (κ1) is 18.9. The zero-order valence-electron chi connectivity index (χ0n) is 15.7. The zero-order chi connectivity index (χ0) is 18.5. The van der Waals surface area contributed by atoms with E-state index in [1.54, 1.807) is 11.3 Å². The molecule has 1 saturated heterocycles. The van der Waals surface area contributed by atoms with Crippen LogP contribution in [-0.4, -0.2) is 35.5 Å². The van der Waals surface area contributed by atoms with Gasteiger partial charge in [0.15, 0.2) is 11.7 Å². The van der Waals surface area contributed by atoms with Crippen LogP contribution in [0.25, 0.3) is 0 Å². The number of nitrogens with one attached hydrogen (secondary N) is 1. The lowest BCUT2D eigenvalue weighted by atomic mass is 9.99. The summed E-state index contributed by atoms with van der Waals surface area (Å²) in [6.45, 7) is 9.53. The van der Waals surface area contributed by atoms with E-state index in [2.05, 4.69) is 22.1 Å². The molecule has 0 atom stereocenters. The second-order valence-corrected chi connectivity index (χ2v) is 8.22. The molecule has 2 heterocycles. The van der Waals surface area contributed by atoms with E-state index in [4.69, 9.17) is 4.74 Å². The molecule has 2 aromatic rings. The van der Waals surface area contributed by atoms with E-state index >= 15 is 0 Å². The highest BCUT2D eigenvalue weighted by Crippen LogP contribution is 2.26. The van der Waals surface area contributed by atoms with Gasteiger partial charge in [0.2, 0.25) is 0 Å². The van der Waals surface area contributed by atoms with Crippen LogP contribution >= 0.6 is 11.3 Å². The first-order valence-electron chi connectivity index (χ1n) is 9.17. The number of carbonyl (C=O) groups excluding carboxylic acids is 1. The van der Waals surface area contributed by atoms with Crippen LogP contribution in [0.15, 0.2) is 24.3 Å². The molecule has 6 heteroatoms. The number of likely N-dealkylation sites (tertiary alicyclic amines) is 1. The van der Waals surface area contributed by atoms with Crippen molar-refractivity contribution in [3.63, 3.8) is 0 Å². The Hall–Kier alpha value is -1.92. The molecule has 1 aromatic carbocycles. The third kappa shape index (κ3) is 5.29. The van der Waals surface area contributed by atoms with Crippen LogP contribution in [0.5, 0.6) is 5.75 Å². The van der Waals surface area contributed by atoms with Gasteiger partial charge in [-0.05, 0) is 63.4 Å². The van der Waals surface area contributed by atoms with Crippen LogP contribution in [0.1, 0.15) is 35.9 Å². The summed E-state index contributed by atoms with van der Waals surface area (Å²) in [4.78, 5) is 20.4. The van der Waals surface area contributed by atoms with Crippen LogP contribution < -0.4 is 10.1 Å². The predicted molar refractivity (Wildman–Crippen MR) is 106 cm³/mol. The van der Waals surface area contributed by atoms with E-state index in [0.29, 0.717) is 10.9 Å². The molecule has 140 valence electrons. The average molecular weight is 374 g/mol. The highest BCUT2D eigenvalue weighted by Gasteiger charge is 2.18. The molecule has 1 amide bonds. The SMILES string of the molecule is Cc1cccc(OCC(=O)Nc2nc(C)c(CN3CCC(C)CC3)s2)c1. The number of benzene rings is 1. The van der Waals surface area contributed by atoms with Crippen molar-refractivity contribution in [2.75, 3.05) is 25.0 Å². The quantitative estimate of drug-likeness (QED) is 0.831. The number of hydrogen-bond acceptors (Lipinski definition) is 5. The number of rotatable bonds is 6. The van der Waals surface area contributed by atoms with Crippen molar-refractivity contribution < 1.29 is 9.53 Å². The van der Waals surface area contributed by atoms with E-state index in [1.165, 1.54) is 17.7 Å². The molecular weight excluding hydrogens is 346 g/mol. The summed E-state index contributed by atoms with van der Waals surface area (Å²) in [7, 11) is 0. The van der Waals surface area contributed by atoms with Crippen molar-refractivity contribution >= 4 is 22.4 Å². The molecule has 5 nitrogen and oxygen atoms in total. The summed E-state index contributed by atoms with van der Waals surface area (Å²) in [5.74, 6) is 1.35. The fourth-order valence-corrected chi connectivity index (χ4v) is 4.08. The molecule has 26 heavy (non-hydrogen) atoms. The van der Waals surface area contributed by atoms with Gasteiger partial charge in [0.05, 0.1) is 5.69 Å². The van der Waals surface area contributed by atoms with Gasteiger partial charge in [0.25, 0.3) is 5.91 Å². The highest BCUT2D eigenvalue weighted by atomic mass is 32.1. The topological polar surface area (TPSA) is 54.5 Å². The van der Waals surface area contributed by atoms with Gasteiger partial charge in [0, 0.05) is 11.4 Å². The number of anilines is 1. The molecule has 3 rings (SSSR count). The van der Waals surface area contributed by atoms with E-state index < -0.39 is 0 Å². The van der Waals surface area contributed by atoms with Crippen molar-refractivity contribution in [2.24, 2.45) is 5.92 Å². The maximum Gasteiger partial charge on any atom is 0.264 e. The first-order chi connectivity index (χ1) is 12.5. The second kappa shape index (κ2) is 8.64. The van der Waals surface area contributed by atoms with Crippen molar-refractivity contribution in [2.45, 2.75) is 40.2 Å². The van der Waals surface area contributed by atoms with E-state index in [-0.39, 0.29) is 12.5 Å². The maximum atomic E-state index is 12.1. The fourth-order valence-electron chi connectivity index (χ4n) is 3.06. The Bertz CT molecular complexity index is 751. The lowest BCUT2D eigenvalue weighted by Crippen LogP contribution is -2.32. The minimum atomic E-state index is -0.182. The monoisotopic (exact) mass is 373 g/mol. The highest BCUT2D eigenvalue weighted by molar-refractivity contribution is 7.15. The van der Waals surface area contributed by atoms with Gasteiger partial charge >= 0.3 is 0 Å². The van der Waals surface area contributed by atoms with Gasteiger partial charge < -0.3 is 4.74 Å². The van der Waals surface area contributed by atoms with E-state index in [0.717, 1.165) is 36.8 Å². The minimum absolute atomic E-state index is 0.0125. The summed E-state index contributed by atoms with van der Waals surface area (Å²) < 4.78 is 5.55. The first-order valence-corrected chi connectivity index (χ1v) is 9.99. The van der Waals surface area contributed by atoms with Crippen LogP contribution in [0.2, 0.25) is 0 Å². The molecule has 1 aliphatic rings. The predicted octanol–water partition coefficient (Wildman–Crippen LogP) is 4.01. The van der Waals surface area contributed by atoms with E-state index in [9.17, 15) is 4.79 Å². The lowest BCUT2D eigenvalue weighted by Gasteiger charge is -2.29. The summed E-state index contributed by atoms with van der Waals surface area (Å²) in [5, 5.41) is 3.51. The van der Waals surface area contributed by atoms with Crippen LogP contribution in [0, 0.1) is 19.8 Å². The number of amides is 1. The van der Waals surface area contributed by atoms with Gasteiger partial charge in [-0.3, -0.25) is 15.0 Å². The van der Waals surface area contributed by atoms with E-state index in [1.807, 2.05) is 38.1 Å². The maximum absolute atomic E-state index is 12.1. The van der Waals surface area contributed by atoms with Crippen molar-refractivity contribution in [3.8, 4) is 5.75 Å². The van der Waals surface area contributed by atoms with Crippen molar-refractivity contribution in [1.82, 2.24) is 9.88 Å². The standard InChI is InChI=1S/C20H27N3O2S/c1-14-7-9-23(10-8-14)12-18-16(3)21-20(26-18)22-19(24)13-25-17-6-4-5-15(2)11-17/h4-6,11,14H,7-10,12-13H2,1-3H3,(H,21,22,24). The van der Waals surface area contributed by atoms with Crippen molar-refractivity contribution in [1.29, 1.82) is 0 Å². The Labute approximate surface area is 159 Å². The van der Waals surface area contributed by atoms with Gasteiger partial charge in [-0.1, -0.05) is 19.1 Å². The number of thiazole rings is 1. The number of nitrogens with zero attached hydrogens (tertiary/aromatic N) is 2. The lowest BCUT2D eigenvalue weighted by molar-refractivity contribution is -0.118. The summed E-state index contributed by atoms with van der Waals surface area (Å²) in [6, 6.07) is 7.68. The average Bonchev–Trinajstić information content (AvgIpc) is 2.94. The third-order valence-electron chi connectivity index (χ3n) is 4.74. The van der Waals surface area contributed by atoms with Crippen LogP contribution in [-0.2, 0) is 11.3 Å². The fraction of sp³-hybridized carbons (Fsp3) is 0.500. The number of piperidine rings is 1. The molecule has 1 aromatic heterocycles. The Balaban J connectivity index is 1.51. The normalized spacial score (nSPS) is 15.8. The molecule has 0 unspecified atom stereocenters. The number of aromatic nitrogens is 1. The zero-order valence-corrected chi connectivity index (χ0v) is 16.6. The Morgan fingerprint density at radius 3 is 2.85 bits per heavy atom. The van der Waals surface area contributed by atoms with Gasteiger partial charge in [-0.2, -0.15) is 0 Å². The molecule has 1 N–H and O–H groups in total. The summed E-state index contributed by atoms with van der Waals surface area (Å²) in [6.07, 6.45) is 2.52. The number of carbonyl (C=O) groups is 1. The Kier molecular flexibility index (Phi) is 6.27. The smallest absolute Gasteiger partial charge is 0.264 e. The molecule has 1 fully saturated rings. The summed E-state index contributed by atoms with van der Waals surface area (Å²) in [5.41, 5.74) is 2.11. The molecule has 0 aliphatic carbocycles. The van der Waals surface area contributed by atoms with Gasteiger partial charge in [-0.25, -0.2) is 4.98 Å². The number of ether oxygens (including phenoxy) is 1. The third-order valence-corrected chi connectivity index (χ3v) is 5.80. The van der Waals surface area contributed by atoms with Crippen LogP contribution in [0.4, 0.5) is 5.13 Å². The molecule has 0 spiro atoms. The van der Waals surface area contributed by atoms with Gasteiger partial charge in [0.1, 0.15) is 5.75 Å². The van der Waals surface area contributed by atoms with Gasteiger partial charge in [-0.15, -0.1) is 11.3 Å². The Morgan fingerprint density at radius 1 is 1.35 bits per heavy atom. The largest absolute Gasteiger partial charge is 0.484 e. The van der Waals surface area contributed by atoms with Crippen molar-refractivity contribution in [3.05, 3.63) is 40.4 Å². The second-order valence-electron chi connectivity index (χ2n) is 7.14. The molecule has 0 bridgehead atoms.